The highest BCUT2D eigenvalue weighted by atomic mass is 35.5. The minimum atomic E-state index is 0.184. The number of aromatic nitrogens is 2. The van der Waals surface area contributed by atoms with Crippen molar-refractivity contribution < 1.29 is 9.47 Å². The number of imidazole rings is 1. The van der Waals surface area contributed by atoms with E-state index in [-0.39, 0.29) is 6.61 Å². The molecule has 0 radical (unpaired) electrons. The van der Waals surface area contributed by atoms with Gasteiger partial charge in [0.25, 0.3) is 0 Å². The Hall–Kier alpha value is -3.17. The molecule has 0 saturated carbocycles. The van der Waals surface area contributed by atoms with E-state index in [2.05, 4.69) is 16.0 Å². The summed E-state index contributed by atoms with van der Waals surface area (Å²) in [5, 5.41) is 11.1. The minimum absolute atomic E-state index is 0.184. The number of hydrogen-bond acceptors (Lipinski definition) is 4. The molecule has 160 valence electrons. The van der Waals surface area contributed by atoms with Gasteiger partial charge in [-0.1, -0.05) is 53.0 Å². The van der Waals surface area contributed by atoms with Crippen LogP contribution in [0.15, 0.2) is 54.6 Å². The molecule has 4 aromatic rings. The Morgan fingerprint density at radius 1 is 1.09 bits per heavy atom. The molecule has 0 atom stereocenters. The number of rotatable bonds is 6. The summed E-state index contributed by atoms with van der Waals surface area (Å²) in [5.41, 5.74) is 3.42. The van der Waals surface area contributed by atoms with Crippen LogP contribution in [0.2, 0.25) is 15.1 Å². The Bertz CT molecular complexity index is 1340. The zero-order valence-corrected chi connectivity index (χ0v) is 19.1. The van der Waals surface area contributed by atoms with Gasteiger partial charge in [0.1, 0.15) is 18.5 Å². The van der Waals surface area contributed by atoms with E-state index in [1.807, 2.05) is 24.3 Å². The fourth-order valence-corrected chi connectivity index (χ4v) is 3.89. The van der Waals surface area contributed by atoms with E-state index in [9.17, 15) is 5.26 Å². The maximum absolute atomic E-state index is 9.68. The highest BCUT2D eigenvalue weighted by Crippen LogP contribution is 2.38. The van der Waals surface area contributed by atoms with Crippen LogP contribution in [0, 0.1) is 11.3 Å². The number of aromatic amines is 1. The first kappa shape index (κ1) is 22.0. The number of halogens is 3. The third-order valence-corrected chi connectivity index (χ3v) is 5.58. The van der Waals surface area contributed by atoms with Crippen LogP contribution < -0.4 is 9.47 Å². The predicted molar refractivity (Wildman–Crippen MR) is 128 cm³/mol. The van der Waals surface area contributed by atoms with E-state index in [0.29, 0.717) is 43.5 Å². The van der Waals surface area contributed by atoms with Gasteiger partial charge in [0.15, 0.2) is 11.5 Å². The Labute approximate surface area is 199 Å². The van der Waals surface area contributed by atoms with Crippen LogP contribution in [-0.4, -0.2) is 17.1 Å². The molecule has 3 aromatic carbocycles. The zero-order chi connectivity index (χ0) is 22.7. The molecule has 32 heavy (non-hydrogen) atoms. The summed E-state index contributed by atoms with van der Waals surface area (Å²) >= 11 is 18.6. The topological polar surface area (TPSA) is 70.9 Å². The molecule has 0 fully saturated rings. The largest absolute Gasteiger partial charge is 0.493 e. The van der Waals surface area contributed by atoms with Gasteiger partial charge in [-0.25, -0.2) is 4.98 Å². The van der Waals surface area contributed by atoms with E-state index >= 15 is 0 Å². The molecule has 0 bridgehead atoms. The third-order valence-electron chi connectivity index (χ3n) is 4.71. The van der Waals surface area contributed by atoms with E-state index in [1.54, 1.807) is 36.4 Å². The van der Waals surface area contributed by atoms with Gasteiger partial charge in [-0.05, 0) is 48.0 Å². The summed E-state index contributed by atoms with van der Waals surface area (Å²) in [6.07, 6.45) is 1.69. The van der Waals surface area contributed by atoms with Gasteiger partial charge in [-0.2, -0.15) is 5.26 Å². The van der Waals surface area contributed by atoms with Crippen molar-refractivity contribution in [1.29, 1.82) is 5.26 Å². The average molecular weight is 485 g/mol. The second-order valence-corrected chi connectivity index (χ2v) is 8.08. The normalized spacial score (nSPS) is 11.4. The highest BCUT2D eigenvalue weighted by Gasteiger charge is 2.14. The van der Waals surface area contributed by atoms with Crippen molar-refractivity contribution in [1.82, 2.24) is 9.97 Å². The van der Waals surface area contributed by atoms with Crippen LogP contribution in [0.25, 0.3) is 22.7 Å². The number of H-pyrrole nitrogens is 1. The van der Waals surface area contributed by atoms with Crippen LogP contribution in [0.1, 0.15) is 17.0 Å². The van der Waals surface area contributed by atoms with Crippen molar-refractivity contribution in [2.24, 2.45) is 0 Å². The van der Waals surface area contributed by atoms with Crippen molar-refractivity contribution >= 4 is 57.5 Å². The quantitative estimate of drug-likeness (QED) is 0.294. The smallest absolute Gasteiger partial charge is 0.180 e. The summed E-state index contributed by atoms with van der Waals surface area (Å²) in [6.45, 7) is 0.184. The van der Waals surface area contributed by atoms with E-state index in [4.69, 9.17) is 44.3 Å². The lowest BCUT2D eigenvalue weighted by Crippen LogP contribution is -1.99. The molecule has 1 heterocycles. The Morgan fingerprint density at radius 2 is 1.91 bits per heavy atom. The van der Waals surface area contributed by atoms with Crippen LogP contribution in [0.4, 0.5) is 0 Å². The lowest BCUT2D eigenvalue weighted by molar-refractivity contribution is 0.285. The number of ether oxygens (including phenoxy) is 2. The molecule has 5 nitrogen and oxygen atoms in total. The molecule has 0 saturated heterocycles. The number of nitrogens with zero attached hydrogens (tertiary/aromatic N) is 2. The minimum Gasteiger partial charge on any atom is -0.493 e. The SMILES string of the molecule is COc1cc(/C=C(\C#N)c2nc3ccccc3[nH]2)cc(Cl)c1OCc1ccc(Cl)cc1Cl. The number of hydrogen-bond donors (Lipinski definition) is 1. The number of allylic oxidation sites excluding steroid dienone is 1. The third kappa shape index (κ3) is 4.68. The zero-order valence-electron chi connectivity index (χ0n) is 16.8. The van der Waals surface area contributed by atoms with Gasteiger partial charge in [0.05, 0.1) is 28.7 Å². The second-order valence-electron chi connectivity index (χ2n) is 6.83. The lowest BCUT2D eigenvalue weighted by atomic mass is 10.1. The van der Waals surface area contributed by atoms with Gasteiger partial charge >= 0.3 is 0 Å². The van der Waals surface area contributed by atoms with E-state index < -0.39 is 0 Å². The fourth-order valence-electron chi connectivity index (χ4n) is 3.15. The van der Waals surface area contributed by atoms with Gasteiger partial charge < -0.3 is 14.5 Å². The standard InChI is InChI=1S/C24H16Cl3N3O2/c1-31-22-10-14(8-16(12-28)24-29-20-4-2-3-5-21(20)30-24)9-19(27)23(22)32-13-15-6-7-17(25)11-18(15)26/h2-11H,13H2,1H3,(H,29,30)/b16-8+. The van der Waals surface area contributed by atoms with Crippen molar-refractivity contribution in [2.75, 3.05) is 7.11 Å². The monoisotopic (exact) mass is 483 g/mol. The molecule has 0 spiro atoms. The van der Waals surface area contributed by atoms with Gasteiger partial charge in [0, 0.05) is 15.6 Å². The Balaban J connectivity index is 1.64. The maximum atomic E-state index is 9.68. The summed E-state index contributed by atoms with van der Waals surface area (Å²) in [5.74, 6) is 1.27. The summed E-state index contributed by atoms with van der Waals surface area (Å²) < 4.78 is 11.4. The first-order valence-corrected chi connectivity index (χ1v) is 10.6. The molecular formula is C24H16Cl3N3O2. The van der Waals surface area contributed by atoms with E-state index in [0.717, 1.165) is 16.6 Å². The molecular weight excluding hydrogens is 469 g/mol. The van der Waals surface area contributed by atoms with Crippen molar-refractivity contribution in [3.63, 3.8) is 0 Å². The number of benzene rings is 3. The number of nitrogens with one attached hydrogen (secondary N) is 1. The maximum Gasteiger partial charge on any atom is 0.180 e. The summed E-state index contributed by atoms with van der Waals surface area (Å²) in [4.78, 5) is 7.64. The molecule has 0 amide bonds. The molecule has 1 aromatic heterocycles. The number of para-hydroxylation sites is 2. The van der Waals surface area contributed by atoms with Gasteiger partial charge in [0.2, 0.25) is 0 Å². The van der Waals surface area contributed by atoms with Gasteiger partial charge in [-0.15, -0.1) is 0 Å². The van der Waals surface area contributed by atoms with Crippen molar-refractivity contribution in [3.8, 4) is 17.6 Å². The molecule has 1 N–H and O–H groups in total. The summed E-state index contributed by atoms with van der Waals surface area (Å²) in [7, 11) is 1.52. The van der Waals surface area contributed by atoms with Crippen molar-refractivity contribution in [3.05, 3.63) is 86.6 Å². The fraction of sp³-hybridized carbons (Fsp3) is 0.0833. The highest BCUT2D eigenvalue weighted by molar-refractivity contribution is 6.35. The van der Waals surface area contributed by atoms with Crippen LogP contribution >= 0.6 is 34.8 Å². The van der Waals surface area contributed by atoms with Crippen molar-refractivity contribution in [2.45, 2.75) is 6.61 Å². The first-order valence-electron chi connectivity index (χ1n) is 9.49. The average Bonchev–Trinajstić information content (AvgIpc) is 3.21. The lowest BCUT2D eigenvalue weighted by Gasteiger charge is -2.14. The second kappa shape index (κ2) is 9.54. The van der Waals surface area contributed by atoms with E-state index in [1.165, 1.54) is 7.11 Å². The van der Waals surface area contributed by atoms with Crippen LogP contribution in [0.3, 0.4) is 0 Å². The molecule has 8 heteroatoms. The molecule has 0 unspecified atom stereocenters. The predicted octanol–water partition coefficient (Wildman–Crippen LogP) is 7.17. The molecule has 4 rings (SSSR count). The van der Waals surface area contributed by atoms with Gasteiger partial charge in [-0.3, -0.25) is 0 Å². The molecule has 0 aliphatic rings. The molecule has 0 aliphatic carbocycles. The summed E-state index contributed by atoms with van der Waals surface area (Å²) in [6, 6.07) is 18.4. The first-order chi connectivity index (χ1) is 15.5. The number of nitriles is 1. The Morgan fingerprint density at radius 3 is 2.62 bits per heavy atom. The Kier molecular flexibility index (Phi) is 6.57. The number of fused-ring (bicyclic) bond motifs is 1. The van der Waals surface area contributed by atoms with Crippen LogP contribution in [0.5, 0.6) is 11.5 Å². The number of methoxy groups -OCH3 is 1. The molecule has 0 aliphatic heterocycles. The van der Waals surface area contributed by atoms with Crippen LogP contribution in [-0.2, 0) is 6.61 Å².